The zero-order chi connectivity index (χ0) is 18.2. The molecule has 3 fully saturated rings. The summed E-state index contributed by atoms with van der Waals surface area (Å²) in [4.78, 5) is 39.4. The average molecular weight is 353 g/mol. The van der Waals surface area contributed by atoms with Gasteiger partial charge in [-0.2, -0.15) is 0 Å². The minimum atomic E-state index is -0.596. The van der Waals surface area contributed by atoms with Gasteiger partial charge in [0.1, 0.15) is 6.04 Å². The molecule has 0 radical (unpaired) electrons. The highest BCUT2D eigenvalue weighted by atomic mass is 16.6. The largest absolute Gasteiger partial charge is 0.391 e. The Kier molecular flexibility index (Phi) is 2.94. The first kappa shape index (κ1) is 15.3. The number of hydrogen-bond donors (Lipinski definition) is 1. The highest BCUT2D eigenvalue weighted by Gasteiger charge is 2.62. The summed E-state index contributed by atoms with van der Waals surface area (Å²) in [7, 11) is 0. The quantitative estimate of drug-likeness (QED) is 0.505. The molecular weight excluding hydrogens is 338 g/mol. The van der Waals surface area contributed by atoms with Gasteiger partial charge in [0.25, 0.3) is 11.6 Å². The van der Waals surface area contributed by atoms with Crippen molar-refractivity contribution in [3.8, 4) is 0 Å². The van der Waals surface area contributed by atoms with Gasteiger partial charge in [0, 0.05) is 11.5 Å². The minimum absolute atomic E-state index is 0.0271. The fourth-order valence-corrected chi connectivity index (χ4v) is 4.79. The summed E-state index contributed by atoms with van der Waals surface area (Å²) in [5.41, 5.74) is 0.281. The topological polar surface area (TPSA) is 104 Å². The van der Waals surface area contributed by atoms with Gasteiger partial charge >= 0.3 is 6.03 Å². The fraction of sp³-hybridized carbons (Fsp3) is 0.333. The number of anilines is 1. The van der Waals surface area contributed by atoms with E-state index in [0.717, 1.165) is 4.90 Å². The number of non-ortho nitro benzene ring substituents is 1. The number of hydrogen-bond acceptors (Lipinski definition) is 5. The summed E-state index contributed by atoms with van der Waals surface area (Å²) in [6, 6.07) is 8.14. The number of piperidine rings is 1. The van der Waals surface area contributed by atoms with E-state index in [0.29, 0.717) is 29.3 Å². The molecule has 0 aromatic heterocycles. The number of fused-ring (bicyclic) bond motifs is 6. The summed E-state index contributed by atoms with van der Waals surface area (Å²) < 4.78 is 0. The van der Waals surface area contributed by atoms with Crippen LogP contribution in [0.15, 0.2) is 36.4 Å². The van der Waals surface area contributed by atoms with Gasteiger partial charge < -0.3 is 10.0 Å². The van der Waals surface area contributed by atoms with Crippen LogP contribution in [-0.2, 0) is 4.79 Å². The van der Waals surface area contributed by atoms with Crippen LogP contribution in [0, 0.1) is 16.0 Å². The maximum atomic E-state index is 13.0. The fourth-order valence-electron chi connectivity index (χ4n) is 4.79. The number of urea groups is 1. The van der Waals surface area contributed by atoms with Gasteiger partial charge in [0.15, 0.2) is 0 Å². The lowest BCUT2D eigenvalue weighted by Gasteiger charge is -2.29. The Bertz CT molecular complexity index is 990. The Hall–Kier alpha value is -3.00. The molecule has 0 spiro atoms. The van der Waals surface area contributed by atoms with Crippen LogP contribution < -0.4 is 4.90 Å². The van der Waals surface area contributed by atoms with Crippen molar-refractivity contribution in [2.75, 3.05) is 4.90 Å². The Morgan fingerprint density at radius 1 is 1.08 bits per heavy atom. The number of nitro groups is 1. The van der Waals surface area contributed by atoms with Crippen molar-refractivity contribution in [2.24, 2.45) is 5.92 Å². The van der Waals surface area contributed by atoms with Crippen molar-refractivity contribution in [1.82, 2.24) is 4.90 Å². The molecule has 8 nitrogen and oxygen atoms in total. The van der Waals surface area contributed by atoms with Crippen molar-refractivity contribution >= 4 is 34.1 Å². The van der Waals surface area contributed by atoms with Crippen molar-refractivity contribution in [1.29, 1.82) is 0 Å². The molecule has 0 unspecified atom stereocenters. The van der Waals surface area contributed by atoms with Crippen LogP contribution >= 0.6 is 0 Å². The maximum Gasteiger partial charge on any atom is 0.332 e. The van der Waals surface area contributed by atoms with Gasteiger partial charge in [-0.1, -0.05) is 18.2 Å². The molecule has 5 rings (SSSR count). The molecule has 26 heavy (non-hydrogen) atoms. The number of aliphatic hydroxyl groups is 1. The van der Waals surface area contributed by atoms with E-state index in [9.17, 15) is 24.8 Å². The maximum absolute atomic E-state index is 13.0. The first-order chi connectivity index (χ1) is 12.5. The van der Waals surface area contributed by atoms with Crippen LogP contribution in [0.5, 0.6) is 0 Å². The number of carbonyl (C=O) groups excluding carboxylic acids is 2. The molecule has 3 amide bonds. The van der Waals surface area contributed by atoms with Gasteiger partial charge in [0.05, 0.1) is 28.1 Å². The number of nitro benzene ring substituents is 1. The molecule has 2 aliphatic heterocycles. The molecule has 2 saturated heterocycles. The summed E-state index contributed by atoms with van der Waals surface area (Å²) in [6.45, 7) is 0. The Balaban J connectivity index is 1.66. The second-order valence-electron chi connectivity index (χ2n) is 7.08. The van der Waals surface area contributed by atoms with Crippen LogP contribution in [0.25, 0.3) is 10.8 Å². The van der Waals surface area contributed by atoms with Gasteiger partial charge in [-0.25, -0.2) is 9.69 Å². The van der Waals surface area contributed by atoms with Crippen LogP contribution in [0.3, 0.4) is 0 Å². The number of aliphatic hydroxyl groups excluding tert-OH is 1. The molecular formula is C18H15N3O5. The Morgan fingerprint density at radius 2 is 1.81 bits per heavy atom. The molecule has 2 heterocycles. The lowest BCUT2D eigenvalue weighted by Crippen LogP contribution is -2.47. The molecule has 8 heteroatoms. The molecule has 2 aromatic rings. The molecule has 132 valence electrons. The first-order valence-corrected chi connectivity index (χ1v) is 8.49. The SMILES string of the molecule is O=C1[C@H]2[C@@H]3C[C@@H](O)[C@@H](C3)N2C(=O)N1c1ccc([N+](=O)[O-])c2ccccc12. The van der Waals surface area contributed by atoms with E-state index in [1.807, 2.05) is 0 Å². The number of rotatable bonds is 2. The number of amides is 3. The number of nitrogens with zero attached hydrogens (tertiary/aromatic N) is 3. The lowest BCUT2D eigenvalue weighted by atomic mass is 9.98. The molecule has 1 aliphatic carbocycles. The third-order valence-electron chi connectivity index (χ3n) is 5.84. The van der Waals surface area contributed by atoms with Crippen molar-refractivity contribution < 1.29 is 19.6 Å². The van der Waals surface area contributed by atoms with E-state index in [-0.39, 0.29) is 23.6 Å². The third kappa shape index (κ3) is 1.76. The Morgan fingerprint density at radius 3 is 2.54 bits per heavy atom. The number of carbonyl (C=O) groups is 2. The predicted octanol–water partition coefficient (Wildman–Crippen LogP) is 2.04. The first-order valence-electron chi connectivity index (χ1n) is 8.49. The minimum Gasteiger partial charge on any atom is -0.391 e. The van der Waals surface area contributed by atoms with Gasteiger partial charge in [-0.05, 0) is 30.9 Å². The normalized spacial score (nSPS) is 29.7. The number of imide groups is 1. The van der Waals surface area contributed by atoms with Crippen molar-refractivity contribution in [3.63, 3.8) is 0 Å². The van der Waals surface area contributed by atoms with E-state index in [2.05, 4.69) is 0 Å². The molecule has 1 saturated carbocycles. The Labute approximate surface area is 147 Å². The van der Waals surface area contributed by atoms with E-state index < -0.39 is 23.1 Å². The zero-order valence-corrected chi connectivity index (χ0v) is 13.6. The van der Waals surface area contributed by atoms with E-state index in [4.69, 9.17) is 0 Å². The standard InChI is InChI=1S/C18H15N3O5/c22-15-8-9-7-14(15)19-16(9)17(23)20(18(19)24)12-5-6-13(21(25)26)11-4-2-1-3-10(11)12/h1-6,9,14-16,22H,7-8H2/t9-,14+,15+,16+/m0/s1. The number of benzene rings is 2. The summed E-state index contributed by atoms with van der Waals surface area (Å²) in [5, 5.41) is 22.3. The van der Waals surface area contributed by atoms with Gasteiger partial charge in [-0.15, -0.1) is 0 Å². The molecule has 4 atom stereocenters. The van der Waals surface area contributed by atoms with E-state index >= 15 is 0 Å². The van der Waals surface area contributed by atoms with E-state index in [1.54, 1.807) is 24.3 Å². The van der Waals surface area contributed by atoms with E-state index in [1.165, 1.54) is 17.0 Å². The molecule has 2 bridgehead atoms. The van der Waals surface area contributed by atoms with Crippen molar-refractivity contribution in [2.45, 2.75) is 31.0 Å². The monoisotopic (exact) mass is 353 g/mol. The van der Waals surface area contributed by atoms with Crippen molar-refractivity contribution in [3.05, 3.63) is 46.5 Å². The smallest absolute Gasteiger partial charge is 0.332 e. The second kappa shape index (κ2) is 5.01. The average Bonchev–Trinajstić information content (AvgIpc) is 3.25. The summed E-state index contributed by atoms with van der Waals surface area (Å²) in [5.74, 6) is -0.339. The van der Waals surface area contributed by atoms with Crippen LogP contribution in [0.4, 0.5) is 16.2 Å². The molecule has 2 aromatic carbocycles. The second-order valence-corrected chi connectivity index (χ2v) is 7.08. The zero-order valence-electron chi connectivity index (χ0n) is 13.6. The predicted molar refractivity (Wildman–Crippen MR) is 91.6 cm³/mol. The highest BCUT2D eigenvalue weighted by molar-refractivity contribution is 6.25. The van der Waals surface area contributed by atoms with Crippen LogP contribution in [0.2, 0.25) is 0 Å². The highest BCUT2D eigenvalue weighted by Crippen LogP contribution is 2.48. The van der Waals surface area contributed by atoms with Gasteiger partial charge in [-0.3, -0.25) is 14.9 Å². The summed E-state index contributed by atoms with van der Waals surface area (Å²) >= 11 is 0. The molecule has 3 aliphatic rings. The van der Waals surface area contributed by atoms with Crippen LogP contribution in [-0.4, -0.2) is 45.1 Å². The summed E-state index contributed by atoms with van der Waals surface area (Å²) in [6.07, 6.45) is 0.583. The molecule has 1 N–H and O–H groups in total. The van der Waals surface area contributed by atoms with Gasteiger partial charge in [0.2, 0.25) is 0 Å². The lowest BCUT2D eigenvalue weighted by molar-refractivity contribution is -0.383. The van der Waals surface area contributed by atoms with Crippen LogP contribution in [0.1, 0.15) is 12.8 Å². The third-order valence-corrected chi connectivity index (χ3v) is 5.84.